The number of nitrogens with zero attached hydrogens (tertiary/aromatic N) is 1. The van der Waals surface area contributed by atoms with Crippen LogP contribution >= 0.6 is 11.6 Å². The molecule has 0 aromatic heterocycles. The molecule has 2 rings (SSSR count). The molecule has 0 amide bonds. The molecule has 0 aliphatic carbocycles. The highest BCUT2D eigenvalue weighted by molar-refractivity contribution is 7.89. The minimum absolute atomic E-state index is 0.207. The number of aliphatic hydroxyl groups excluding tert-OH is 1. The highest BCUT2D eigenvalue weighted by atomic mass is 35.5. The van der Waals surface area contributed by atoms with Gasteiger partial charge in [0.05, 0.1) is 11.5 Å². The first-order valence-corrected chi connectivity index (χ1v) is 9.07. The van der Waals surface area contributed by atoms with Crippen LogP contribution in [0.5, 0.6) is 0 Å². The number of rotatable bonds is 4. The zero-order chi connectivity index (χ0) is 15.6. The second-order valence-electron chi connectivity index (χ2n) is 5.90. The van der Waals surface area contributed by atoms with Crippen LogP contribution in [-0.2, 0) is 16.6 Å². The number of piperidine rings is 1. The lowest BCUT2D eigenvalue weighted by molar-refractivity contribution is 0.226. The topological polar surface area (TPSA) is 57.6 Å². The molecule has 4 nitrogen and oxygen atoms in total. The average molecular weight is 332 g/mol. The summed E-state index contributed by atoms with van der Waals surface area (Å²) in [6.45, 7) is 5.21. The lowest BCUT2D eigenvalue weighted by Gasteiger charge is -2.33. The van der Waals surface area contributed by atoms with Crippen molar-refractivity contribution in [2.75, 3.05) is 13.1 Å². The van der Waals surface area contributed by atoms with Crippen LogP contribution in [0.15, 0.2) is 23.1 Å². The molecule has 0 radical (unpaired) electrons. The van der Waals surface area contributed by atoms with Gasteiger partial charge >= 0.3 is 0 Å². The zero-order valence-corrected chi connectivity index (χ0v) is 14.0. The molecule has 1 aromatic carbocycles. The van der Waals surface area contributed by atoms with E-state index in [1.165, 1.54) is 22.5 Å². The van der Waals surface area contributed by atoms with Crippen molar-refractivity contribution in [2.45, 2.75) is 38.2 Å². The van der Waals surface area contributed by atoms with E-state index >= 15 is 0 Å². The number of sulfonamides is 1. The maximum absolute atomic E-state index is 12.6. The Hall–Kier alpha value is -0.620. The Bertz CT molecular complexity index is 593. The summed E-state index contributed by atoms with van der Waals surface area (Å²) in [5, 5.41) is 9.61. The van der Waals surface area contributed by atoms with Crippen LogP contribution in [-0.4, -0.2) is 30.9 Å². The Labute approximate surface area is 131 Å². The molecule has 1 saturated heterocycles. The predicted molar refractivity (Wildman–Crippen MR) is 83.7 cm³/mol. The van der Waals surface area contributed by atoms with Crippen LogP contribution in [0.3, 0.4) is 0 Å². The molecular weight excluding hydrogens is 310 g/mol. The first kappa shape index (κ1) is 16.7. The number of aliphatic hydroxyl groups is 1. The summed E-state index contributed by atoms with van der Waals surface area (Å²) in [6, 6.07) is 4.50. The first-order chi connectivity index (χ1) is 9.86. The van der Waals surface area contributed by atoms with Crippen LogP contribution < -0.4 is 0 Å². The van der Waals surface area contributed by atoms with Gasteiger partial charge in [-0.05, 0) is 48.4 Å². The number of hydrogen-bond donors (Lipinski definition) is 1. The molecule has 1 fully saturated rings. The summed E-state index contributed by atoms with van der Waals surface area (Å²) in [6.07, 6.45) is 1.80. The Kier molecular flexibility index (Phi) is 5.30. The Morgan fingerprint density at radius 2 is 1.95 bits per heavy atom. The van der Waals surface area contributed by atoms with E-state index in [1.54, 1.807) is 0 Å². The van der Waals surface area contributed by atoms with Gasteiger partial charge in [-0.25, -0.2) is 8.42 Å². The number of hydrogen-bond acceptors (Lipinski definition) is 3. The summed E-state index contributed by atoms with van der Waals surface area (Å²) < 4.78 is 26.8. The van der Waals surface area contributed by atoms with Crippen LogP contribution in [0.1, 0.15) is 32.3 Å². The Balaban J connectivity index is 2.19. The molecule has 1 aliphatic heterocycles. The molecule has 21 heavy (non-hydrogen) atoms. The van der Waals surface area contributed by atoms with E-state index in [-0.39, 0.29) is 11.5 Å². The number of halogens is 1. The van der Waals surface area contributed by atoms with Gasteiger partial charge in [0.1, 0.15) is 0 Å². The van der Waals surface area contributed by atoms with Crippen molar-refractivity contribution in [3.05, 3.63) is 28.8 Å². The smallest absolute Gasteiger partial charge is 0.243 e. The first-order valence-electron chi connectivity index (χ1n) is 7.25. The van der Waals surface area contributed by atoms with Crippen molar-refractivity contribution >= 4 is 21.6 Å². The molecule has 0 atom stereocenters. The molecule has 1 heterocycles. The summed E-state index contributed by atoms with van der Waals surface area (Å²) in [5.41, 5.74) is 0.440. The molecule has 0 spiro atoms. The Morgan fingerprint density at radius 1 is 1.33 bits per heavy atom. The fraction of sp³-hybridized carbons (Fsp3) is 0.600. The quantitative estimate of drug-likeness (QED) is 0.923. The van der Waals surface area contributed by atoms with Crippen molar-refractivity contribution in [2.24, 2.45) is 11.8 Å². The molecule has 0 saturated carbocycles. The molecule has 118 valence electrons. The van der Waals surface area contributed by atoms with Crippen molar-refractivity contribution in [1.29, 1.82) is 0 Å². The predicted octanol–water partition coefficient (Wildman–Crippen LogP) is 2.89. The molecule has 6 heteroatoms. The molecule has 0 bridgehead atoms. The van der Waals surface area contributed by atoms with Gasteiger partial charge in [0.2, 0.25) is 10.0 Å². The minimum Gasteiger partial charge on any atom is -0.392 e. The van der Waals surface area contributed by atoms with Gasteiger partial charge in [0.25, 0.3) is 0 Å². The maximum atomic E-state index is 12.6. The third-order valence-corrected chi connectivity index (χ3v) is 6.53. The van der Waals surface area contributed by atoms with Gasteiger partial charge in [-0.3, -0.25) is 0 Å². The van der Waals surface area contributed by atoms with Gasteiger partial charge in [0, 0.05) is 18.1 Å². The minimum atomic E-state index is -3.50. The standard InChI is InChI=1S/C15H22ClNO3S/c1-11(2)12-5-7-17(8-6-12)21(19,20)14-3-4-15(16)13(9-14)10-18/h3-4,9,11-12,18H,5-8,10H2,1-2H3. The largest absolute Gasteiger partial charge is 0.392 e. The highest BCUT2D eigenvalue weighted by Gasteiger charge is 2.30. The van der Waals surface area contributed by atoms with Crippen molar-refractivity contribution in [3.63, 3.8) is 0 Å². The summed E-state index contributed by atoms with van der Waals surface area (Å²) in [4.78, 5) is 0.207. The monoisotopic (exact) mass is 331 g/mol. The van der Waals surface area contributed by atoms with Crippen LogP contribution in [0, 0.1) is 11.8 Å². The summed E-state index contributed by atoms with van der Waals surface area (Å²) >= 11 is 5.92. The summed E-state index contributed by atoms with van der Waals surface area (Å²) in [5.74, 6) is 1.18. The maximum Gasteiger partial charge on any atom is 0.243 e. The molecular formula is C15H22ClNO3S. The second kappa shape index (κ2) is 6.65. The fourth-order valence-electron chi connectivity index (χ4n) is 2.76. The lowest BCUT2D eigenvalue weighted by Crippen LogP contribution is -2.39. The van der Waals surface area contributed by atoms with Crippen molar-refractivity contribution in [1.82, 2.24) is 4.31 Å². The van der Waals surface area contributed by atoms with Gasteiger partial charge in [-0.1, -0.05) is 25.4 Å². The summed E-state index contributed by atoms with van der Waals surface area (Å²) in [7, 11) is -3.50. The van der Waals surface area contributed by atoms with E-state index in [2.05, 4.69) is 13.8 Å². The van der Waals surface area contributed by atoms with Crippen LogP contribution in [0.4, 0.5) is 0 Å². The van der Waals surface area contributed by atoms with Crippen LogP contribution in [0.25, 0.3) is 0 Å². The van der Waals surface area contributed by atoms with E-state index in [4.69, 9.17) is 11.6 Å². The fourth-order valence-corrected chi connectivity index (χ4v) is 4.46. The zero-order valence-electron chi connectivity index (χ0n) is 12.4. The molecule has 1 aromatic rings. The van der Waals surface area contributed by atoms with E-state index in [9.17, 15) is 13.5 Å². The van der Waals surface area contributed by atoms with Crippen LogP contribution in [0.2, 0.25) is 5.02 Å². The van der Waals surface area contributed by atoms with E-state index in [0.29, 0.717) is 35.5 Å². The van der Waals surface area contributed by atoms with Gasteiger partial charge in [-0.15, -0.1) is 0 Å². The second-order valence-corrected chi connectivity index (χ2v) is 8.24. The van der Waals surface area contributed by atoms with Crippen molar-refractivity contribution in [3.8, 4) is 0 Å². The highest BCUT2D eigenvalue weighted by Crippen LogP contribution is 2.29. The van der Waals surface area contributed by atoms with E-state index in [0.717, 1.165) is 12.8 Å². The van der Waals surface area contributed by atoms with Crippen molar-refractivity contribution < 1.29 is 13.5 Å². The average Bonchev–Trinajstić information content (AvgIpc) is 2.47. The SMILES string of the molecule is CC(C)C1CCN(S(=O)(=O)c2ccc(Cl)c(CO)c2)CC1. The third-order valence-electron chi connectivity index (χ3n) is 4.27. The van der Waals surface area contributed by atoms with Gasteiger partial charge < -0.3 is 5.11 Å². The normalized spacial score (nSPS) is 18.3. The lowest BCUT2D eigenvalue weighted by atomic mass is 9.87. The molecule has 1 N–H and O–H groups in total. The number of benzene rings is 1. The van der Waals surface area contributed by atoms with E-state index in [1.807, 2.05) is 0 Å². The van der Waals surface area contributed by atoms with Gasteiger partial charge in [0.15, 0.2) is 0 Å². The molecule has 1 aliphatic rings. The van der Waals surface area contributed by atoms with E-state index < -0.39 is 10.0 Å². The van der Waals surface area contributed by atoms with Gasteiger partial charge in [-0.2, -0.15) is 4.31 Å². The Morgan fingerprint density at radius 3 is 2.48 bits per heavy atom. The third kappa shape index (κ3) is 3.59. The molecule has 0 unspecified atom stereocenters.